The lowest BCUT2D eigenvalue weighted by Crippen LogP contribution is -2.44. The van der Waals surface area contributed by atoms with Crippen molar-refractivity contribution in [3.05, 3.63) is 58.0 Å². The number of nitrogens with two attached hydrogens (primary N) is 1. The lowest BCUT2D eigenvalue weighted by molar-refractivity contribution is 0.0972. The molecule has 1 saturated carbocycles. The molecule has 4 N–H and O–H groups in total. The topological polar surface area (TPSA) is 92.6 Å². The van der Waals surface area contributed by atoms with Crippen molar-refractivity contribution >= 4 is 27.8 Å². The average molecular weight is 447 g/mol. The van der Waals surface area contributed by atoms with Crippen LogP contribution < -0.4 is 16.4 Å². The maximum absolute atomic E-state index is 11.2. The maximum atomic E-state index is 11.2. The summed E-state index contributed by atoms with van der Waals surface area (Å²) in [5.41, 5.74) is 6.73. The number of guanidine groups is 1. The molecule has 28 heavy (non-hydrogen) atoms. The highest BCUT2D eigenvalue weighted by molar-refractivity contribution is 9.10. The van der Waals surface area contributed by atoms with Crippen LogP contribution in [0.5, 0.6) is 0 Å². The Balaban J connectivity index is 1.69. The normalized spacial score (nSPS) is 16.1. The zero-order valence-electron chi connectivity index (χ0n) is 16.1. The number of nitrogens with one attached hydrogen (secondary N) is 2. The van der Waals surface area contributed by atoms with Crippen LogP contribution in [0.4, 0.5) is 0 Å². The van der Waals surface area contributed by atoms with E-state index in [0.29, 0.717) is 12.3 Å². The van der Waals surface area contributed by atoms with Gasteiger partial charge in [-0.3, -0.25) is 4.79 Å². The number of carbonyl (C=O) groups is 1. The van der Waals surface area contributed by atoms with Crippen molar-refractivity contribution in [1.82, 2.24) is 10.6 Å². The fourth-order valence-electron chi connectivity index (χ4n) is 3.77. The molecule has 0 saturated heterocycles. The minimum Gasteiger partial charge on any atom is -0.454 e. The Hall–Kier alpha value is -2.28. The van der Waals surface area contributed by atoms with Gasteiger partial charge in [-0.25, -0.2) is 4.99 Å². The molecule has 0 atom stereocenters. The highest BCUT2D eigenvalue weighted by Crippen LogP contribution is 2.40. The molecule has 0 aliphatic heterocycles. The fraction of sp³-hybridized carbons (Fsp3) is 0.429. The van der Waals surface area contributed by atoms with Crippen molar-refractivity contribution in [3.8, 4) is 0 Å². The first-order valence-corrected chi connectivity index (χ1v) is 10.5. The predicted octanol–water partition coefficient (Wildman–Crippen LogP) is 3.71. The van der Waals surface area contributed by atoms with Gasteiger partial charge in [0.15, 0.2) is 11.7 Å². The number of carbonyl (C=O) groups excluding carboxylic acids is 1. The minimum absolute atomic E-state index is 0.126. The SMILES string of the molecule is CCNC(=NCc1ccc(C(N)=O)o1)NCC1(c2ccc(Br)cc2)CCCC1. The van der Waals surface area contributed by atoms with Crippen molar-refractivity contribution in [3.63, 3.8) is 0 Å². The molecule has 0 spiro atoms. The van der Waals surface area contributed by atoms with Crippen LogP contribution in [0.25, 0.3) is 0 Å². The maximum Gasteiger partial charge on any atom is 0.284 e. The zero-order valence-corrected chi connectivity index (χ0v) is 17.7. The van der Waals surface area contributed by atoms with Crippen molar-refractivity contribution in [2.45, 2.75) is 44.6 Å². The molecule has 1 aliphatic rings. The summed E-state index contributed by atoms with van der Waals surface area (Å²) >= 11 is 3.53. The summed E-state index contributed by atoms with van der Waals surface area (Å²) in [6.07, 6.45) is 4.82. The molecular formula is C21H27BrN4O2. The van der Waals surface area contributed by atoms with E-state index >= 15 is 0 Å². The number of primary amides is 1. The van der Waals surface area contributed by atoms with E-state index in [0.717, 1.165) is 23.5 Å². The highest BCUT2D eigenvalue weighted by atomic mass is 79.9. The van der Waals surface area contributed by atoms with Gasteiger partial charge in [0.1, 0.15) is 12.3 Å². The Morgan fingerprint density at radius 2 is 1.89 bits per heavy atom. The first kappa shape index (κ1) is 20.5. The van der Waals surface area contributed by atoms with E-state index < -0.39 is 5.91 Å². The lowest BCUT2D eigenvalue weighted by Gasteiger charge is -2.31. The van der Waals surface area contributed by atoms with E-state index in [9.17, 15) is 4.79 Å². The Bertz CT molecular complexity index is 823. The van der Waals surface area contributed by atoms with Crippen LogP contribution in [0, 0.1) is 0 Å². The summed E-state index contributed by atoms with van der Waals surface area (Å²) in [5.74, 6) is 0.929. The van der Waals surface area contributed by atoms with Crippen LogP contribution in [0.3, 0.4) is 0 Å². The van der Waals surface area contributed by atoms with Gasteiger partial charge in [-0.05, 0) is 49.6 Å². The van der Waals surface area contributed by atoms with Crippen LogP contribution in [0.15, 0.2) is 50.3 Å². The number of nitrogens with zero attached hydrogens (tertiary/aromatic N) is 1. The summed E-state index contributed by atoms with van der Waals surface area (Å²) in [6.45, 7) is 3.97. The Morgan fingerprint density at radius 1 is 1.18 bits per heavy atom. The Morgan fingerprint density at radius 3 is 2.50 bits per heavy atom. The number of aliphatic imine (C=N–C) groups is 1. The largest absolute Gasteiger partial charge is 0.454 e. The molecule has 1 aromatic heterocycles. The van der Waals surface area contributed by atoms with Crippen LogP contribution in [-0.2, 0) is 12.0 Å². The third-order valence-electron chi connectivity index (χ3n) is 5.25. The van der Waals surface area contributed by atoms with Gasteiger partial charge in [-0.15, -0.1) is 0 Å². The molecule has 2 aromatic rings. The summed E-state index contributed by atoms with van der Waals surface area (Å²) in [7, 11) is 0. The number of hydrogen-bond acceptors (Lipinski definition) is 3. The Labute approximate surface area is 174 Å². The number of hydrogen-bond donors (Lipinski definition) is 3. The molecular weight excluding hydrogens is 420 g/mol. The molecule has 6 nitrogen and oxygen atoms in total. The third-order valence-corrected chi connectivity index (χ3v) is 5.78. The molecule has 3 rings (SSSR count). The number of furan rings is 1. The van der Waals surface area contributed by atoms with Crippen LogP contribution >= 0.6 is 15.9 Å². The van der Waals surface area contributed by atoms with Gasteiger partial charge in [0.2, 0.25) is 0 Å². The van der Waals surface area contributed by atoms with E-state index in [1.807, 2.05) is 6.92 Å². The highest BCUT2D eigenvalue weighted by Gasteiger charge is 2.35. The van der Waals surface area contributed by atoms with E-state index in [1.54, 1.807) is 12.1 Å². The van der Waals surface area contributed by atoms with Crippen molar-refractivity contribution in [2.75, 3.05) is 13.1 Å². The molecule has 1 amide bonds. The smallest absolute Gasteiger partial charge is 0.284 e. The quantitative estimate of drug-likeness (QED) is 0.446. The molecule has 1 aromatic carbocycles. The van der Waals surface area contributed by atoms with Crippen LogP contribution in [0.2, 0.25) is 0 Å². The summed E-state index contributed by atoms with van der Waals surface area (Å²) < 4.78 is 6.51. The average Bonchev–Trinajstić information content (AvgIpc) is 3.35. The van der Waals surface area contributed by atoms with E-state index in [1.165, 1.54) is 31.2 Å². The van der Waals surface area contributed by atoms with Gasteiger partial charge in [0, 0.05) is 23.0 Å². The molecule has 1 fully saturated rings. The first-order valence-electron chi connectivity index (χ1n) is 9.69. The summed E-state index contributed by atoms with van der Waals surface area (Å²) in [4.78, 5) is 15.8. The van der Waals surface area contributed by atoms with E-state index in [-0.39, 0.29) is 11.2 Å². The van der Waals surface area contributed by atoms with Gasteiger partial charge in [-0.1, -0.05) is 40.9 Å². The number of halogens is 1. The van der Waals surface area contributed by atoms with E-state index in [4.69, 9.17) is 10.2 Å². The van der Waals surface area contributed by atoms with Gasteiger partial charge in [-0.2, -0.15) is 0 Å². The van der Waals surface area contributed by atoms with Gasteiger partial charge < -0.3 is 20.8 Å². The summed E-state index contributed by atoms with van der Waals surface area (Å²) in [5, 5.41) is 6.79. The van der Waals surface area contributed by atoms with Crippen LogP contribution in [-0.4, -0.2) is 25.0 Å². The van der Waals surface area contributed by atoms with Gasteiger partial charge in [0.05, 0.1) is 0 Å². The molecule has 1 aliphatic carbocycles. The molecule has 7 heteroatoms. The second-order valence-corrected chi connectivity index (χ2v) is 8.09. The standard InChI is InChI=1S/C21H27BrN4O2/c1-2-24-20(25-13-17-9-10-18(28-17)19(23)27)26-14-21(11-3-4-12-21)15-5-7-16(22)8-6-15/h5-10H,2-4,11-14H2,1H3,(H2,23,27)(H2,24,25,26). The molecule has 0 radical (unpaired) electrons. The fourth-order valence-corrected chi connectivity index (χ4v) is 4.03. The second-order valence-electron chi connectivity index (χ2n) is 7.17. The Kier molecular flexibility index (Phi) is 6.78. The number of amides is 1. The number of rotatable bonds is 7. The van der Waals surface area contributed by atoms with Gasteiger partial charge >= 0.3 is 0 Å². The first-order chi connectivity index (χ1) is 13.5. The predicted molar refractivity (Wildman–Crippen MR) is 114 cm³/mol. The zero-order chi connectivity index (χ0) is 20.0. The lowest BCUT2D eigenvalue weighted by atomic mass is 9.79. The van der Waals surface area contributed by atoms with Gasteiger partial charge in [0.25, 0.3) is 5.91 Å². The molecule has 0 bridgehead atoms. The monoisotopic (exact) mass is 446 g/mol. The van der Waals surface area contributed by atoms with E-state index in [2.05, 4.69) is 55.8 Å². The molecule has 0 unspecified atom stereocenters. The van der Waals surface area contributed by atoms with Crippen molar-refractivity contribution < 1.29 is 9.21 Å². The number of benzene rings is 1. The van der Waals surface area contributed by atoms with Crippen molar-refractivity contribution in [2.24, 2.45) is 10.7 Å². The minimum atomic E-state index is -0.571. The van der Waals surface area contributed by atoms with Crippen LogP contribution in [0.1, 0.15) is 54.5 Å². The third kappa shape index (κ3) is 4.95. The second kappa shape index (κ2) is 9.28. The molecule has 150 valence electrons. The van der Waals surface area contributed by atoms with Crippen molar-refractivity contribution in [1.29, 1.82) is 0 Å². The molecule has 1 heterocycles. The summed E-state index contributed by atoms with van der Waals surface area (Å²) in [6, 6.07) is 12.0.